The molecular formula is C10H17ClO. The van der Waals surface area contributed by atoms with Gasteiger partial charge in [0, 0.05) is 0 Å². The number of ether oxygens (including phenoxy) is 1. The summed E-state index contributed by atoms with van der Waals surface area (Å²) in [5, 5.41) is 0.129. The van der Waals surface area contributed by atoms with Crippen LogP contribution in [0.25, 0.3) is 0 Å². The van der Waals surface area contributed by atoms with Crippen LogP contribution in [0, 0.1) is 0 Å². The molecule has 0 radical (unpaired) electrons. The summed E-state index contributed by atoms with van der Waals surface area (Å²) in [6, 6.07) is 0. The van der Waals surface area contributed by atoms with Gasteiger partial charge in [0.15, 0.2) is 0 Å². The molecule has 3 atom stereocenters. The number of rotatable bonds is 2. The lowest BCUT2D eigenvalue weighted by atomic mass is 10.1. The molecule has 0 spiro atoms. The molecular weight excluding hydrogens is 172 g/mol. The third-order valence-electron chi connectivity index (χ3n) is 2.34. The van der Waals surface area contributed by atoms with Crippen molar-refractivity contribution in [2.45, 2.75) is 51.2 Å². The van der Waals surface area contributed by atoms with Crippen molar-refractivity contribution in [3.8, 4) is 0 Å². The average Bonchev–Trinajstić information content (AvgIpc) is 2.35. The number of hydrogen-bond donors (Lipinski definition) is 0. The fourth-order valence-electron chi connectivity index (χ4n) is 1.38. The molecule has 1 aliphatic heterocycles. The Morgan fingerprint density at radius 2 is 2.25 bits per heavy atom. The molecule has 0 aromatic carbocycles. The number of allylic oxidation sites excluding steroid dienone is 1. The first-order chi connectivity index (χ1) is 5.59. The van der Waals surface area contributed by atoms with Gasteiger partial charge < -0.3 is 4.74 Å². The maximum absolute atomic E-state index is 5.92. The molecule has 0 aromatic rings. The predicted molar refractivity (Wildman–Crippen MR) is 52.6 cm³/mol. The molecule has 0 aromatic heterocycles. The van der Waals surface area contributed by atoms with Crippen LogP contribution in [-0.2, 0) is 4.74 Å². The van der Waals surface area contributed by atoms with E-state index in [4.69, 9.17) is 16.3 Å². The first-order valence-electron chi connectivity index (χ1n) is 4.57. The van der Waals surface area contributed by atoms with Gasteiger partial charge in [-0.15, -0.1) is 11.6 Å². The first kappa shape index (κ1) is 10.1. The summed E-state index contributed by atoms with van der Waals surface area (Å²) in [5.41, 5.74) is 1.22. The van der Waals surface area contributed by atoms with Gasteiger partial charge in [-0.2, -0.15) is 0 Å². The summed E-state index contributed by atoms with van der Waals surface area (Å²) in [7, 11) is 0. The van der Waals surface area contributed by atoms with Crippen molar-refractivity contribution >= 4 is 11.6 Å². The maximum Gasteiger partial charge on any atom is 0.0763 e. The molecule has 1 saturated heterocycles. The summed E-state index contributed by atoms with van der Waals surface area (Å²) in [6.45, 7) is 6.17. The van der Waals surface area contributed by atoms with Gasteiger partial charge in [0.25, 0.3) is 0 Å². The van der Waals surface area contributed by atoms with Crippen LogP contribution < -0.4 is 0 Å². The molecule has 1 heterocycles. The Kier molecular flexibility index (Phi) is 3.60. The Bertz CT molecular complexity index is 175. The monoisotopic (exact) mass is 188 g/mol. The average molecular weight is 189 g/mol. The molecule has 1 aliphatic rings. The van der Waals surface area contributed by atoms with Crippen LogP contribution in [0.2, 0.25) is 0 Å². The van der Waals surface area contributed by atoms with Crippen LogP contribution in [0.3, 0.4) is 0 Å². The Labute approximate surface area is 79.7 Å². The van der Waals surface area contributed by atoms with Gasteiger partial charge in [-0.3, -0.25) is 0 Å². The van der Waals surface area contributed by atoms with E-state index in [2.05, 4.69) is 19.9 Å². The van der Waals surface area contributed by atoms with Crippen molar-refractivity contribution in [1.82, 2.24) is 0 Å². The molecule has 0 N–H and O–H groups in total. The van der Waals surface area contributed by atoms with Crippen LogP contribution in [0.4, 0.5) is 0 Å². The molecule has 1 fully saturated rings. The quantitative estimate of drug-likeness (QED) is 0.478. The minimum Gasteiger partial charge on any atom is -0.371 e. The lowest BCUT2D eigenvalue weighted by molar-refractivity contribution is 0.0828. The van der Waals surface area contributed by atoms with Gasteiger partial charge in [-0.1, -0.05) is 11.6 Å². The van der Waals surface area contributed by atoms with E-state index in [0.717, 1.165) is 6.42 Å². The minimum atomic E-state index is 0.129. The van der Waals surface area contributed by atoms with Crippen molar-refractivity contribution in [2.24, 2.45) is 0 Å². The smallest absolute Gasteiger partial charge is 0.0763 e. The van der Waals surface area contributed by atoms with E-state index in [9.17, 15) is 0 Å². The minimum absolute atomic E-state index is 0.129. The first-order valence-corrected chi connectivity index (χ1v) is 5.01. The molecule has 3 unspecified atom stereocenters. The van der Waals surface area contributed by atoms with Crippen LogP contribution in [-0.4, -0.2) is 17.6 Å². The van der Waals surface area contributed by atoms with E-state index in [1.54, 1.807) is 0 Å². The standard InChI is InChI=1S/C10H17ClO/c1-7(9(3)11)6-10-5-4-8(2)12-10/h6,8-10H,4-5H2,1-3H3/b7-6+. The molecule has 0 amide bonds. The highest BCUT2D eigenvalue weighted by Gasteiger charge is 2.19. The summed E-state index contributed by atoms with van der Waals surface area (Å²) >= 11 is 5.92. The van der Waals surface area contributed by atoms with Crippen LogP contribution in [0.15, 0.2) is 11.6 Å². The topological polar surface area (TPSA) is 9.23 Å². The van der Waals surface area contributed by atoms with E-state index in [1.165, 1.54) is 12.0 Å². The Balaban J connectivity index is 2.45. The summed E-state index contributed by atoms with van der Waals surface area (Å²) in [6.07, 6.45) is 5.19. The molecule has 0 aliphatic carbocycles. The second-order valence-corrected chi connectivity index (χ2v) is 4.24. The van der Waals surface area contributed by atoms with Gasteiger partial charge in [0.05, 0.1) is 17.6 Å². The van der Waals surface area contributed by atoms with Crippen LogP contribution in [0.5, 0.6) is 0 Å². The summed E-state index contributed by atoms with van der Waals surface area (Å²) < 4.78 is 5.65. The summed E-state index contributed by atoms with van der Waals surface area (Å²) in [4.78, 5) is 0. The molecule has 2 heteroatoms. The van der Waals surface area contributed by atoms with E-state index < -0.39 is 0 Å². The molecule has 12 heavy (non-hydrogen) atoms. The van der Waals surface area contributed by atoms with Gasteiger partial charge in [-0.25, -0.2) is 0 Å². The maximum atomic E-state index is 5.92. The molecule has 1 nitrogen and oxygen atoms in total. The lowest BCUT2D eigenvalue weighted by Crippen LogP contribution is -2.07. The van der Waals surface area contributed by atoms with Gasteiger partial charge in [0.2, 0.25) is 0 Å². The largest absolute Gasteiger partial charge is 0.371 e. The van der Waals surface area contributed by atoms with Gasteiger partial charge >= 0.3 is 0 Å². The highest BCUT2D eigenvalue weighted by molar-refractivity contribution is 6.22. The van der Waals surface area contributed by atoms with Crippen molar-refractivity contribution in [2.75, 3.05) is 0 Å². The normalized spacial score (nSPS) is 33.8. The second-order valence-electron chi connectivity index (χ2n) is 3.59. The highest BCUT2D eigenvalue weighted by atomic mass is 35.5. The third-order valence-corrected chi connectivity index (χ3v) is 2.69. The van der Waals surface area contributed by atoms with Crippen molar-refractivity contribution in [1.29, 1.82) is 0 Å². The number of alkyl halides is 1. The van der Waals surface area contributed by atoms with Gasteiger partial charge in [-0.05, 0) is 33.6 Å². The van der Waals surface area contributed by atoms with Crippen molar-refractivity contribution < 1.29 is 4.74 Å². The zero-order chi connectivity index (χ0) is 9.14. The second kappa shape index (κ2) is 4.29. The summed E-state index contributed by atoms with van der Waals surface area (Å²) in [5.74, 6) is 0. The SMILES string of the molecule is C/C(=C\C1CCC(C)O1)C(C)Cl. The molecule has 0 saturated carbocycles. The van der Waals surface area contributed by atoms with E-state index >= 15 is 0 Å². The predicted octanol–water partition coefficient (Wildman–Crippen LogP) is 3.13. The number of halogens is 1. The lowest BCUT2D eigenvalue weighted by Gasteiger charge is -2.09. The zero-order valence-corrected chi connectivity index (χ0v) is 8.77. The zero-order valence-electron chi connectivity index (χ0n) is 8.01. The third kappa shape index (κ3) is 2.80. The van der Waals surface area contributed by atoms with E-state index in [1.807, 2.05) is 6.92 Å². The Morgan fingerprint density at radius 1 is 1.58 bits per heavy atom. The Hall–Kier alpha value is -0.0100. The fraction of sp³-hybridized carbons (Fsp3) is 0.800. The fourth-order valence-corrected chi connectivity index (χ4v) is 1.45. The van der Waals surface area contributed by atoms with E-state index in [-0.39, 0.29) is 5.38 Å². The molecule has 70 valence electrons. The van der Waals surface area contributed by atoms with Crippen molar-refractivity contribution in [3.05, 3.63) is 11.6 Å². The van der Waals surface area contributed by atoms with Crippen LogP contribution in [0.1, 0.15) is 33.6 Å². The highest BCUT2D eigenvalue weighted by Crippen LogP contribution is 2.22. The number of hydrogen-bond acceptors (Lipinski definition) is 1. The van der Waals surface area contributed by atoms with Gasteiger partial charge in [0.1, 0.15) is 0 Å². The van der Waals surface area contributed by atoms with E-state index in [0.29, 0.717) is 12.2 Å². The molecule has 1 rings (SSSR count). The van der Waals surface area contributed by atoms with Crippen LogP contribution >= 0.6 is 11.6 Å². The van der Waals surface area contributed by atoms with Crippen molar-refractivity contribution in [3.63, 3.8) is 0 Å². The Morgan fingerprint density at radius 3 is 2.67 bits per heavy atom. The molecule has 0 bridgehead atoms.